The highest BCUT2D eigenvalue weighted by Crippen LogP contribution is 2.09. The van der Waals surface area contributed by atoms with Crippen molar-refractivity contribution in [3.63, 3.8) is 0 Å². The summed E-state index contributed by atoms with van der Waals surface area (Å²) < 4.78 is 17.3. The second kappa shape index (κ2) is 5.25. The fourth-order valence-corrected chi connectivity index (χ4v) is 1.19. The van der Waals surface area contributed by atoms with Gasteiger partial charge in [0.05, 0.1) is 12.7 Å². The molecule has 0 bridgehead atoms. The van der Waals surface area contributed by atoms with Gasteiger partial charge in [-0.05, 0) is 17.7 Å². The Balaban J connectivity index is 2.72. The monoisotopic (exact) mass is 226 g/mol. The standard InChI is InChI=1S/C11H11FO4/c1-16-11(15)8-4-2-7(3-5-8)6-9(12)10(13)14/h2-5,9H,6H2,1H3,(H,13,14). The van der Waals surface area contributed by atoms with Crippen molar-refractivity contribution in [1.82, 2.24) is 0 Å². The van der Waals surface area contributed by atoms with E-state index in [-0.39, 0.29) is 6.42 Å². The second-order valence-electron chi connectivity index (χ2n) is 3.20. The van der Waals surface area contributed by atoms with Gasteiger partial charge in [0, 0.05) is 6.42 Å². The van der Waals surface area contributed by atoms with Gasteiger partial charge in [0.1, 0.15) is 0 Å². The SMILES string of the molecule is COC(=O)c1ccc(CC(F)C(=O)O)cc1. The molecule has 0 aliphatic heterocycles. The Labute approximate surface area is 91.7 Å². The van der Waals surface area contributed by atoms with Crippen molar-refractivity contribution >= 4 is 11.9 Å². The Morgan fingerprint density at radius 2 is 1.94 bits per heavy atom. The number of rotatable bonds is 4. The molecule has 1 aromatic rings. The average molecular weight is 226 g/mol. The number of carbonyl (C=O) groups is 2. The van der Waals surface area contributed by atoms with Crippen molar-refractivity contribution in [2.75, 3.05) is 7.11 Å². The van der Waals surface area contributed by atoms with Crippen molar-refractivity contribution < 1.29 is 23.8 Å². The molecule has 1 rings (SSSR count). The van der Waals surface area contributed by atoms with Gasteiger partial charge in [0.15, 0.2) is 0 Å². The number of hydrogen-bond donors (Lipinski definition) is 1. The lowest BCUT2D eigenvalue weighted by Gasteiger charge is -2.04. The van der Waals surface area contributed by atoms with Crippen molar-refractivity contribution in [1.29, 1.82) is 0 Å². The van der Waals surface area contributed by atoms with Gasteiger partial charge >= 0.3 is 11.9 Å². The number of carbonyl (C=O) groups excluding carboxylic acids is 1. The van der Waals surface area contributed by atoms with E-state index < -0.39 is 18.1 Å². The molecule has 0 spiro atoms. The second-order valence-corrected chi connectivity index (χ2v) is 3.20. The van der Waals surface area contributed by atoms with Gasteiger partial charge < -0.3 is 9.84 Å². The molecule has 0 amide bonds. The van der Waals surface area contributed by atoms with E-state index in [9.17, 15) is 14.0 Å². The molecular formula is C11H11FO4. The van der Waals surface area contributed by atoms with E-state index in [1.165, 1.54) is 31.4 Å². The number of benzene rings is 1. The Hall–Kier alpha value is -1.91. The smallest absolute Gasteiger partial charge is 0.338 e. The van der Waals surface area contributed by atoms with Crippen LogP contribution in [0.2, 0.25) is 0 Å². The molecule has 1 aromatic carbocycles. The predicted molar refractivity (Wildman–Crippen MR) is 54.0 cm³/mol. The van der Waals surface area contributed by atoms with Crippen molar-refractivity contribution in [3.8, 4) is 0 Å². The summed E-state index contributed by atoms with van der Waals surface area (Å²) in [5.41, 5.74) is 0.861. The predicted octanol–water partition coefficient (Wildman–Crippen LogP) is 1.44. The van der Waals surface area contributed by atoms with E-state index in [0.717, 1.165) is 0 Å². The van der Waals surface area contributed by atoms with Gasteiger partial charge in [-0.1, -0.05) is 12.1 Å². The summed E-state index contributed by atoms with van der Waals surface area (Å²) in [6, 6.07) is 5.94. The summed E-state index contributed by atoms with van der Waals surface area (Å²) in [5.74, 6) is -1.97. The Kier molecular flexibility index (Phi) is 3.99. The molecule has 0 radical (unpaired) electrons. The van der Waals surface area contributed by atoms with Crippen LogP contribution < -0.4 is 0 Å². The van der Waals surface area contributed by atoms with Crippen LogP contribution in [-0.2, 0) is 16.0 Å². The molecule has 0 saturated heterocycles. The number of carboxylic acid groups (broad SMARTS) is 1. The molecule has 86 valence electrons. The maximum absolute atomic E-state index is 12.8. The van der Waals surface area contributed by atoms with Gasteiger partial charge in [-0.15, -0.1) is 0 Å². The molecule has 0 aliphatic carbocycles. The molecule has 0 heterocycles. The summed E-state index contributed by atoms with van der Waals surface area (Å²) in [7, 11) is 1.26. The third-order valence-electron chi connectivity index (χ3n) is 2.06. The molecule has 0 aromatic heterocycles. The van der Waals surface area contributed by atoms with Crippen molar-refractivity contribution in [3.05, 3.63) is 35.4 Å². The van der Waals surface area contributed by atoms with Crippen LogP contribution >= 0.6 is 0 Å². The summed E-state index contributed by atoms with van der Waals surface area (Å²) in [5, 5.41) is 8.38. The maximum atomic E-state index is 12.8. The minimum absolute atomic E-state index is 0.212. The van der Waals surface area contributed by atoms with Crippen LogP contribution in [0.5, 0.6) is 0 Å². The maximum Gasteiger partial charge on any atom is 0.338 e. The van der Waals surface area contributed by atoms with Crippen LogP contribution in [0.15, 0.2) is 24.3 Å². The summed E-state index contributed by atoms with van der Waals surface area (Å²) in [4.78, 5) is 21.3. The quantitative estimate of drug-likeness (QED) is 0.789. The largest absolute Gasteiger partial charge is 0.479 e. The molecule has 4 nitrogen and oxygen atoms in total. The molecule has 0 aliphatic rings. The first kappa shape index (κ1) is 12.2. The molecule has 1 unspecified atom stereocenters. The van der Waals surface area contributed by atoms with E-state index in [1.54, 1.807) is 0 Å². The van der Waals surface area contributed by atoms with Crippen LogP contribution in [0.25, 0.3) is 0 Å². The number of esters is 1. The van der Waals surface area contributed by atoms with Gasteiger partial charge in [0.25, 0.3) is 0 Å². The molecule has 0 fully saturated rings. The van der Waals surface area contributed by atoms with Crippen LogP contribution in [0.1, 0.15) is 15.9 Å². The van der Waals surface area contributed by atoms with E-state index >= 15 is 0 Å². The van der Waals surface area contributed by atoms with Gasteiger partial charge in [-0.25, -0.2) is 14.0 Å². The van der Waals surface area contributed by atoms with Crippen molar-refractivity contribution in [2.45, 2.75) is 12.6 Å². The number of ether oxygens (including phenoxy) is 1. The first-order valence-electron chi connectivity index (χ1n) is 4.58. The van der Waals surface area contributed by atoms with Gasteiger partial charge in [-0.3, -0.25) is 0 Å². The highest BCUT2D eigenvalue weighted by molar-refractivity contribution is 5.89. The van der Waals surface area contributed by atoms with Crippen LogP contribution in [0.3, 0.4) is 0 Å². The van der Waals surface area contributed by atoms with Crippen molar-refractivity contribution in [2.24, 2.45) is 0 Å². The molecule has 0 saturated carbocycles. The number of methoxy groups -OCH3 is 1. The summed E-state index contributed by atoms with van der Waals surface area (Å²) in [6.07, 6.45) is -2.14. The summed E-state index contributed by atoms with van der Waals surface area (Å²) in [6.45, 7) is 0. The lowest BCUT2D eigenvalue weighted by Crippen LogP contribution is -2.17. The van der Waals surface area contributed by atoms with Gasteiger partial charge in [-0.2, -0.15) is 0 Å². The van der Waals surface area contributed by atoms with Crippen LogP contribution in [0.4, 0.5) is 4.39 Å². The number of alkyl halides is 1. The summed E-state index contributed by atoms with van der Waals surface area (Å²) >= 11 is 0. The minimum Gasteiger partial charge on any atom is -0.479 e. The number of halogens is 1. The Bertz CT molecular complexity index is 385. The first-order valence-corrected chi connectivity index (χ1v) is 4.58. The lowest BCUT2D eigenvalue weighted by atomic mass is 10.1. The number of hydrogen-bond acceptors (Lipinski definition) is 3. The Morgan fingerprint density at radius 3 is 2.38 bits per heavy atom. The highest BCUT2D eigenvalue weighted by atomic mass is 19.1. The van der Waals surface area contributed by atoms with Crippen LogP contribution in [0, 0.1) is 0 Å². The third kappa shape index (κ3) is 3.05. The average Bonchev–Trinajstić information content (AvgIpc) is 2.28. The topological polar surface area (TPSA) is 63.6 Å². The minimum atomic E-state index is -1.93. The third-order valence-corrected chi connectivity index (χ3v) is 2.06. The van der Waals surface area contributed by atoms with E-state index in [0.29, 0.717) is 11.1 Å². The molecule has 16 heavy (non-hydrogen) atoms. The Morgan fingerprint density at radius 1 is 1.38 bits per heavy atom. The number of carboxylic acids is 1. The van der Waals surface area contributed by atoms with E-state index in [1.807, 2.05) is 0 Å². The fraction of sp³-hybridized carbons (Fsp3) is 0.273. The van der Waals surface area contributed by atoms with Crippen LogP contribution in [-0.4, -0.2) is 30.3 Å². The zero-order valence-electron chi connectivity index (χ0n) is 8.64. The molecule has 1 N–H and O–H groups in total. The molecule has 1 atom stereocenters. The zero-order valence-corrected chi connectivity index (χ0v) is 8.64. The fourth-order valence-electron chi connectivity index (χ4n) is 1.19. The molecule has 5 heteroatoms. The highest BCUT2D eigenvalue weighted by Gasteiger charge is 2.16. The normalized spacial score (nSPS) is 11.9. The lowest BCUT2D eigenvalue weighted by molar-refractivity contribution is -0.142. The van der Waals surface area contributed by atoms with E-state index in [2.05, 4.69) is 4.74 Å². The van der Waals surface area contributed by atoms with Gasteiger partial charge in [0.2, 0.25) is 6.17 Å². The number of aliphatic carboxylic acids is 1. The van der Waals surface area contributed by atoms with E-state index in [4.69, 9.17) is 5.11 Å². The molecular weight excluding hydrogens is 215 g/mol. The zero-order chi connectivity index (χ0) is 12.1. The first-order chi connectivity index (χ1) is 7.54.